The molecule has 4 rings (SSSR count). The van der Waals surface area contributed by atoms with Crippen molar-refractivity contribution in [2.24, 2.45) is 23.7 Å². The molecule has 39 heavy (non-hydrogen) atoms. The van der Waals surface area contributed by atoms with Crippen molar-refractivity contribution in [1.82, 2.24) is 0 Å². The van der Waals surface area contributed by atoms with Crippen molar-refractivity contribution in [1.29, 1.82) is 0 Å². The van der Waals surface area contributed by atoms with Crippen molar-refractivity contribution in [2.75, 3.05) is 6.61 Å². The summed E-state index contributed by atoms with van der Waals surface area (Å²) in [6.07, 6.45) is -2.65. The molecule has 0 spiro atoms. The molecule has 15 heteroatoms. The van der Waals surface area contributed by atoms with E-state index in [1.807, 2.05) is 6.92 Å². The van der Waals surface area contributed by atoms with Crippen LogP contribution in [0.2, 0.25) is 0 Å². The summed E-state index contributed by atoms with van der Waals surface area (Å²) in [6.45, 7) is 1.02. The Morgan fingerprint density at radius 1 is 1.15 bits per heavy atom. The fourth-order valence-corrected chi connectivity index (χ4v) is 6.82. The van der Waals surface area contributed by atoms with Gasteiger partial charge in [-0.25, -0.2) is 4.39 Å². The monoisotopic (exact) mass is 584 g/mol. The van der Waals surface area contributed by atoms with Gasteiger partial charge in [-0.3, -0.25) is 23.7 Å². The van der Waals surface area contributed by atoms with Crippen molar-refractivity contribution in [3.05, 3.63) is 0 Å². The van der Waals surface area contributed by atoms with Gasteiger partial charge in [-0.2, -0.15) is 17.2 Å². The van der Waals surface area contributed by atoms with Crippen LogP contribution in [0, 0.1) is 23.7 Å². The van der Waals surface area contributed by atoms with Gasteiger partial charge in [0.15, 0.2) is 6.17 Å². The summed E-state index contributed by atoms with van der Waals surface area (Å²) < 4.78 is 90.8. The predicted molar refractivity (Wildman–Crippen MR) is 122 cm³/mol. The average Bonchev–Trinajstić information content (AvgIpc) is 3.60. The SMILES string of the molecule is CCC1(OC(=O)C2C3CC4C2OC(=O)C4C3OC(=O)CCC(=O)OCCC(F)C(F)(F)S(=O)(=O)O)CCCC1. The molecular weight excluding hydrogens is 553 g/mol. The molecule has 1 aliphatic heterocycles. The number of carbonyl (C=O) groups is 4. The first-order valence-corrected chi connectivity index (χ1v) is 14.4. The molecule has 0 aromatic heterocycles. The minimum absolute atomic E-state index is 0.293. The molecule has 0 aromatic carbocycles. The summed E-state index contributed by atoms with van der Waals surface area (Å²) in [4.78, 5) is 50.1. The van der Waals surface area contributed by atoms with Crippen molar-refractivity contribution >= 4 is 34.0 Å². The van der Waals surface area contributed by atoms with Crippen LogP contribution in [0.25, 0.3) is 0 Å². The van der Waals surface area contributed by atoms with E-state index in [9.17, 15) is 40.8 Å². The summed E-state index contributed by atoms with van der Waals surface area (Å²) in [6, 6.07) is 0. The van der Waals surface area contributed by atoms with Crippen LogP contribution in [0.5, 0.6) is 0 Å². The molecule has 220 valence electrons. The number of hydrogen-bond acceptors (Lipinski definition) is 10. The summed E-state index contributed by atoms with van der Waals surface area (Å²) in [5, 5.41) is -5.07. The Balaban J connectivity index is 1.28. The number of alkyl halides is 3. The van der Waals surface area contributed by atoms with Gasteiger partial charge in [-0.15, -0.1) is 0 Å². The van der Waals surface area contributed by atoms with Gasteiger partial charge in [0, 0.05) is 18.3 Å². The lowest BCUT2D eigenvalue weighted by Gasteiger charge is -2.34. The number of hydrogen-bond donors (Lipinski definition) is 1. The standard InChI is InChI=1S/C24H31F3O11S/c1-2-23(8-3-4-9-23)38-22(31)18-13-11-12-17(21(30)37-20(12)18)19(13)36-16(29)6-5-15(28)35-10-7-14(25)24(26,27)39(32,33)34/h12-14,17-20H,2-11H2,1H3,(H,32,33,34). The number of fused-ring (bicyclic) bond motifs is 1. The highest BCUT2D eigenvalue weighted by molar-refractivity contribution is 7.86. The number of ether oxygens (including phenoxy) is 4. The maximum absolute atomic E-state index is 13.5. The van der Waals surface area contributed by atoms with E-state index in [-0.39, 0.29) is 5.92 Å². The molecule has 2 bridgehead atoms. The molecule has 7 atom stereocenters. The Hall–Kier alpha value is -2.42. The van der Waals surface area contributed by atoms with Crippen LogP contribution in [0.3, 0.4) is 0 Å². The number of halogens is 3. The van der Waals surface area contributed by atoms with Gasteiger partial charge in [0.2, 0.25) is 0 Å². The summed E-state index contributed by atoms with van der Waals surface area (Å²) in [5.74, 6) is -5.23. The normalized spacial score (nSPS) is 31.6. The highest BCUT2D eigenvalue weighted by Crippen LogP contribution is 2.59. The van der Waals surface area contributed by atoms with Gasteiger partial charge in [-0.05, 0) is 38.5 Å². The van der Waals surface area contributed by atoms with E-state index in [1.165, 1.54) is 0 Å². The van der Waals surface area contributed by atoms with Crippen molar-refractivity contribution in [2.45, 2.75) is 93.9 Å². The maximum Gasteiger partial charge on any atom is 0.400 e. The zero-order valence-corrected chi connectivity index (χ0v) is 22.0. The third kappa shape index (κ3) is 5.61. The van der Waals surface area contributed by atoms with Crippen molar-refractivity contribution in [3.8, 4) is 0 Å². The first-order chi connectivity index (χ1) is 18.2. The molecule has 1 saturated heterocycles. The molecule has 1 N–H and O–H groups in total. The molecule has 4 aliphatic rings. The van der Waals surface area contributed by atoms with Crippen LogP contribution in [0.15, 0.2) is 0 Å². The Labute approximate surface area is 222 Å². The van der Waals surface area contributed by atoms with Gasteiger partial charge >= 0.3 is 39.2 Å². The second-order valence-corrected chi connectivity index (χ2v) is 12.1. The molecule has 0 radical (unpaired) electrons. The predicted octanol–water partition coefficient (Wildman–Crippen LogP) is 2.50. The Kier molecular flexibility index (Phi) is 8.23. The Morgan fingerprint density at radius 2 is 1.79 bits per heavy atom. The number of rotatable bonds is 12. The zero-order valence-electron chi connectivity index (χ0n) is 21.2. The van der Waals surface area contributed by atoms with Crippen LogP contribution < -0.4 is 0 Å². The maximum atomic E-state index is 13.5. The summed E-state index contributed by atoms with van der Waals surface area (Å²) in [7, 11) is -5.99. The van der Waals surface area contributed by atoms with Crippen LogP contribution in [-0.4, -0.2) is 72.7 Å². The van der Waals surface area contributed by atoms with Crippen molar-refractivity contribution in [3.63, 3.8) is 0 Å². The fourth-order valence-electron chi connectivity index (χ4n) is 6.38. The van der Waals surface area contributed by atoms with E-state index in [1.54, 1.807) is 0 Å². The lowest BCUT2D eigenvalue weighted by molar-refractivity contribution is -0.176. The van der Waals surface area contributed by atoms with E-state index in [0.717, 1.165) is 25.7 Å². The van der Waals surface area contributed by atoms with E-state index < -0.39 is 107 Å². The zero-order chi connectivity index (χ0) is 28.8. The molecule has 0 amide bonds. The van der Waals surface area contributed by atoms with Crippen LogP contribution in [0.1, 0.15) is 64.7 Å². The number of carbonyl (C=O) groups excluding carboxylic acids is 4. The van der Waals surface area contributed by atoms with E-state index in [0.29, 0.717) is 12.8 Å². The van der Waals surface area contributed by atoms with Crippen LogP contribution >= 0.6 is 0 Å². The van der Waals surface area contributed by atoms with E-state index in [4.69, 9.17) is 18.8 Å². The van der Waals surface area contributed by atoms with Crippen LogP contribution in [0.4, 0.5) is 13.2 Å². The van der Waals surface area contributed by atoms with Gasteiger partial charge in [-0.1, -0.05) is 6.92 Å². The molecular formula is C24H31F3O11S. The highest BCUT2D eigenvalue weighted by atomic mass is 32.2. The van der Waals surface area contributed by atoms with E-state index >= 15 is 0 Å². The van der Waals surface area contributed by atoms with Crippen LogP contribution in [-0.2, 0) is 48.2 Å². The van der Waals surface area contributed by atoms with Crippen molar-refractivity contribution < 1.29 is 64.3 Å². The molecule has 11 nitrogen and oxygen atoms in total. The molecule has 3 saturated carbocycles. The first-order valence-electron chi connectivity index (χ1n) is 13.0. The Bertz CT molecular complexity index is 1100. The topological polar surface area (TPSA) is 160 Å². The lowest BCUT2D eigenvalue weighted by atomic mass is 9.79. The fraction of sp³-hybridized carbons (Fsp3) is 0.833. The lowest BCUT2D eigenvalue weighted by Crippen LogP contribution is -2.45. The molecule has 1 heterocycles. The third-order valence-electron chi connectivity index (χ3n) is 8.44. The molecule has 7 unspecified atom stereocenters. The average molecular weight is 585 g/mol. The molecule has 4 fully saturated rings. The number of esters is 4. The highest BCUT2D eigenvalue weighted by Gasteiger charge is 2.70. The minimum atomic E-state index is -5.99. The third-order valence-corrected chi connectivity index (χ3v) is 9.38. The van der Waals surface area contributed by atoms with Gasteiger partial charge < -0.3 is 18.9 Å². The largest absolute Gasteiger partial charge is 0.466 e. The van der Waals surface area contributed by atoms with E-state index in [2.05, 4.69) is 4.74 Å². The summed E-state index contributed by atoms with van der Waals surface area (Å²) in [5.41, 5.74) is -0.544. The van der Waals surface area contributed by atoms with Gasteiger partial charge in [0.05, 0.1) is 19.4 Å². The quantitative estimate of drug-likeness (QED) is 0.204. The Morgan fingerprint density at radius 3 is 2.41 bits per heavy atom. The first kappa shape index (κ1) is 29.6. The minimum Gasteiger partial charge on any atom is -0.466 e. The molecule has 3 aliphatic carbocycles. The molecule has 0 aromatic rings. The van der Waals surface area contributed by atoms with Gasteiger partial charge in [0.1, 0.15) is 29.6 Å². The summed E-state index contributed by atoms with van der Waals surface area (Å²) >= 11 is 0. The smallest absolute Gasteiger partial charge is 0.400 e. The van der Waals surface area contributed by atoms with Gasteiger partial charge in [0.25, 0.3) is 0 Å². The second kappa shape index (κ2) is 10.9. The second-order valence-electron chi connectivity index (χ2n) is 10.6.